The van der Waals surface area contributed by atoms with E-state index in [2.05, 4.69) is 20.1 Å². The Morgan fingerprint density at radius 1 is 1.00 bits per heavy atom. The number of alkyl halides is 6. The number of halogens is 7. The first-order chi connectivity index (χ1) is 14.4. The Balaban J connectivity index is 1.85. The number of benzene rings is 1. The zero-order chi connectivity index (χ0) is 22.8. The van der Waals surface area contributed by atoms with Gasteiger partial charge in [-0.2, -0.15) is 18.3 Å². The van der Waals surface area contributed by atoms with Crippen molar-refractivity contribution in [1.29, 1.82) is 0 Å². The minimum absolute atomic E-state index is 0.0318. The predicted octanol–water partition coefficient (Wildman–Crippen LogP) is 5.45. The first-order valence-electron chi connectivity index (χ1n) is 8.04. The van der Waals surface area contributed by atoms with E-state index in [1.165, 1.54) is 18.3 Å². The third-order valence-corrected chi connectivity index (χ3v) is 3.70. The molecular weight excluding hydrogens is 458 g/mol. The monoisotopic (exact) mass is 466 g/mol. The summed E-state index contributed by atoms with van der Waals surface area (Å²) in [5, 5.41) is 5.91. The Morgan fingerprint density at radius 3 is 2.23 bits per heavy atom. The summed E-state index contributed by atoms with van der Waals surface area (Å²) in [6.07, 6.45) is -9.43. The summed E-state index contributed by atoms with van der Waals surface area (Å²) in [7, 11) is 0. The summed E-state index contributed by atoms with van der Waals surface area (Å²) >= 11 is 5.65. The van der Waals surface area contributed by atoms with E-state index in [0.717, 1.165) is 24.3 Å². The zero-order valence-electron chi connectivity index (χ0n) is 14.8. The number of nitrogens with zero attached hydrogens (tertiary/aromatic N) is 3. The van der Waals surface area contributed by atoms with Crippen LogP contribution in [0.4, 0.5) is 37.0 Å². The summed E-state index contributed by atoms with van der Waals surface area (Å²) < 4.78 is 86.2. The van der Waals surface area contributed by atoms with Crippen LogP contribution in [-0.2, 0) is 6.18 Å². The molecular formula is C17H9ClF6N4O3. The predicted molar refractivity (Wildman–Crippen MR) is 94.1 cm³/mol. The van der Waals surface area contributed by atoms with Crippen LogP contribution in [0.1, 0.15) is 5.69 Å². The number of amides is 1. The fourth-order valence-electron chi connectivity index (χ4n) is 2.33. The van der Waals surface area contributed by atoms with E-state index in [4.69, 9.17) is 16.3 Å². The van der Waals surface area contributed by atoms with Crippen LogP contribution in [0.3, 0.4) is 0 Å². The van der Waals surface area contributed by atoms with Gasteiger partial charge in [0.1, 0.15) is 11.6 Å². The fourth-order valence-corrected chi connectivity index (χ4v) is 2.44. The second kappa shape index (κ2) is 8.34. The number of carbonyl (C=O) groups excluding carboxylic acids is 1. The number of hydrogen-bond acceptors (Lipinski definition) is 5. The molecule has 0 atom stereocenters. The van der Waals surface area contributed by atoms with E-state index < -0.39 is 35.8 Å². The van der Waals surface area contributed by atoms with Gasteiger partial charge in [0.15, 0.2) is 11.4 Å². The summed E-state index contributed by atoms with van der Waals surface area (Å²) in [4.78, 5) is 15.7. The molecule has 0 bridgehead atoms. The highest BCUT2D eigenvalue weighted by Gasteiger charge is 2.40. The second-order valence-electron chi connectivity index (χ2n) is 5.68. The highest BCUT2D eigenvalue weighted by Crippen LogP contribution is 2.38. The molecule has 2 heterocycles. The van der Waals surface area contributed by atoms with Crippen molar-refractivity contribution in [2.24, 2.45) is 0 Å². The number of hydrogen-bond donors (Lipinski definition) is 1. The first-order valence-corrected chi connectivity index (χ1v) is 8.42. The Kier molecular flexibility index (Phi) is 5.97. The normalized spacial score (nSPS) is 11.8. The molecule has 3 aromatic rings. The van der Waals surface area contributed by atoms with Crippen LogP contribution in [0, 0.1) is 0 Å². The molecule has 7 nitrogen and oxygen atoms in total. The molecule has 0 aliphatic heterocycles. The molecule has 1 N–H and O–H groups in total. The lowest BCUT2D eigenvalue weighted by Gasteiger charge is -2.13. The molecule has 0 radical (unpaired) electrons. The maximum absolute atomic E-state index is 13.6. The van der Waals surface area contributed by atoms with E-state index in [-0.39, 0.29) is 16.5 Å². The van der Waals surface area contributed by atoms with Gasteiger partial charge in [-0.3, -0.25) is 5.32 Å². The molecule has 0 spiro atoms. The van der Waals surface area contributed by atoms with E-state index in [1.54, 1.807) is 0 Å². The van der Waals surface area contributed by atoms with Crippen molar-refractivity contribution in [2.45, 2.75) is 12.5 Å². The van der Waals surface area contributed by atoms with Crippen LogP contribution in [0.15, 0.2) is 48.8 Å². The van der Waals surface area contributed by atoms with Gasteiger partial charge in [0.2, 0.25) is 0 Å². The van der Waals surface area contributed by atoms with E-state index in [9.17, 15) is 31.1 Å². The fraction of sp³-hybridized carbons (Fsp3) is 0.118. The molecule has 0 aliphatic carbocycles. The molecule has 164 valence electrons. The second-order valence-corrected chi connectivity index (χ2v) is 6.12. The number of carbonyl (C=O) groups is 1. The highest BCUT2D eigenvalue weighted by atomic mass is 35.5. The van der Waals surface area contributed by atoms with Crippen LogP contribution in [0.25, 0.3) is 5.69 Å². The van der Waals surface area contributed by atoms with Crippen molar-refractivity contribution < 1.29 is 40.6 Å². The third kappa shape index (κ3) is 5.78. The highest BCUT2D eigenvalue weighted by molar-refractivity contribution is 6.30. The largest absolute Gasteiger partial charge is 0.573 e. The molecule has 0 unspecified atom stereocenters. The average molecular weight is 467 g/mol. The molecule has 0 saturated carbocycles. The molecule has 3 rings (SSSR count). The number of rotatable bonds is 4. The van der Waals surface area contributed by atoms with Crippen molar-refractivity contribution in [3.05, 3.63) is 59.5 Å². The van der Waals surface area contributed by atoms with Gasteiger partial charge >= 0.3 is 18.6 Å². The van der Waals surface area contributed by atoms with Crippen LogP contribution in [0.2, 0.25) is 5.02 Å². The van der Waals surface area contributed by atoms with Gasteiger partial charge in [-0.15, -0.1) is 13.2 Å². The lowest BCUT2D eigenvalue weighted by atomic mass is 10.3. The number of pyridine rings is 1. The van der Waals surface area contributed by atoms with Crippen molar-refractivity contribution in [2.75, 3.05) is 5.32 Å². The lowest BCUT2D eigenvalue weighted by molar-refractivity contribution is -0.274. The molecule has 14 heteroatoms. The molecule has 0 saturated heterocycles. The molecule has 2 aromatic heterocycles. The zero-order valence-corrected chi connectivity index (χ0v) is 15.6. The molecule has 1 aromatic carbocycles. The quantitative estimate of drug-likeness (QED) is 0.517. The van der Waals surface area contributed by atoms with Gasteiger partial charge in [0.25, 0.3) is 0 Å². The molecule has 1 amide bonds. The van der Waals surface area contributed by atoms with Gasteiger partial charge in [-0.05, 0) is 36.4 Å². The van der Waals surface area contributed by atoms with Crippen molar-refractivity contribution in [1.82, 2.24) is 14.8 Å². The average Bonchev–Trinajstić information content (AvgIpc) is 3.07. The van der Waals surface area contributed by atoms with Crippen LogP contribution < -0.4 is 14.8 Å². The van der Waals surface area contributed by atoms with E-state index >= 15 is 0 Å². The Bertz CT molecular complexity index is 1070. The molecule has 0 fully saturated rings. The van der Waals surface area contributed by atoms with Gasteiger partial charge < -0.3 is 9.47 Å². The SMILES string of the molecule is O=C(Nc1ccc(Cl)cn1)Oc1cnn(-c2ccc(OC(F)(F)F)cc2)c1C(F)(F)F. The Hall–Kier alpha value is -3.48. The Labute approximate surface area is 174 Å². The van der Waals surface area contributed by atoms with Crippen molar-refractivity contribution in [3.63, 3.8) is 0 Å². The number of anilines is 1. The Morgan fingerprint density at radius 2 is 1.68 bits per heavy atom. The molecule has 0 aliphatic rings. The summed E-state index contributed by atoms with van der Waals surface area (Å²) in [5.74, 6) is -1.60. The van der Waals surface area contributed by atoms with Crippen molar-refractivity contribution >= 4 is 23.5 Å². The van der Waals surface area contributed by atoms with Gasteiger partial charge in [0, 0.05) is 6.20 Å². The lowest BCUT2D eigenvalue weighted by Crippen LogP contribution is -2.20. The number of nitrogens with one attached hydrogen (secondary N) is 1. The third-order valence-electron chi connectivity index (χ3n) is 3.48. The van der Waals surface area contributed by atoms with E-state index in [0.29, 0.717) is 10.9 Å². The standard InChI is InChI=1S/C17H9ClF6N4O3/c18-9-1-6-13(25-7-9)27-15(29)30-12-8-26-28(14(12)16(19,20)21)10-2-4-11(5-3-10)31-17(22,23)24/h1-8H,(H,25,27,29). The van der Waals surface area contributed by atoms with Crippen LogP contribution in [-0.4, -0.2) is 27.2 Å². The first kappa shape index (κ1) is 22.2. The van der Waals surface area contributed by atoms with E-state index in [1.807, 2.05) is 0 Å². The number of aromatic nitrogens is 3. The maximum atomic E-state index is 13.6. The van der Waals surface area contributed by atoms with Gasteiger partial charge in [0.05, 0.1) is 16.9 Å². The minimum Gasteiger partial charge on any atom is -0.406 e. The summed E-state index contributed by atoms with van der Waals surface area (Å²) in [6.45, 7) is 0. The summed E-state index contributed by atoms with van der Waals surface area (Å²) in [6, 6.07) is 6.14. The van der Waals surface area contributed by atoms with Gasteiger partial charge in [-0.25, -0.2) is 14.5 Å². The van der Waals surface area contributed by atoms with Crippen LogP contribution in [0.5, 0.6) is 11.5 Å². The topological polar surface area (TPSA) is 78.3 Å². The minimum atomic E-state index is -5.02. The smallest absolute Gasteiger partial charge is 0.406 e. The van der Waals surface area contributed by atoms with Gasteiger partial charge in [-0.1, -0.05) is 11.6 Å². The van der Waals surface area contributed by atoms with Crippen molar-refractivity contribution in [3.8, 4) is 17.2 Å². The summed E-state index contributed by atoms with van der Waals surface area (Å²) in [5.41, 5.74) is -1.72. The maximum Gasteiger partial charge on any atom is 0.573 e. The molecule has 31 heavy (non-hydrogen) atoms. The van der Waals surface area contributed by atoms with Crippen LogP contribution >= 0.6 is 11.6 Å². The number of ether oxygens (including phenoxy) is 2.